The molecular formula is C22H23N3O2. The zero-order valence-electron chi connectivity index (χ0n) is 15.3. The van der Waals surface area contributed by atoms with Crippen LogP contribution >= 0.6 is 0 Å². The first-order chi connectivity index (χ1) is 13.2. The van der Waals surface area contributed by atoms with Crippen LogP contribution in [0.1, 0.15) is 28.0 Å². The van der Waals surface area contributed by atoms with Crippen LogP contribution in [0.25, 0.3) is 5.65 Å². The second-order valence-corrected chi connectivity index (χ2v) is 7.74. The van der Waals surface area contributed by atoms with Crippen molar-refractivity contribution in [2.45, 2.75) is 31.9 Å². The number of nitrogens with one attached hydrogen (secondary N) is 1. The number of benzene rings is 1. The van der Waals surface area contributed by atoms with Gasteiger partial charge in [-0.1, -0.05) is 30.3 Å². The van der Waals surface area contributed by atoms with Crippen LogP contribution in [0.2, 0.25) is 0 Å². The lowest BCUT2D eigenvalue weighted by Crippen LogP contribution is -2.62. The van der Waals surface area contributed by atoms with E-state index < -0.39 is 0 Å². The summed E-state index contributed by atoms with van der Waals surface area (Å²) in [6, 6.07) is 14.6. The Bertz CT molecular complexity index is 982. The Labute approximate surface area is 158 Å². The van der Waals surface area contributed by atoms with E-state index in [2.05, 4.69) is 34.6 Å². The van der Waals surface area contributed by atoms with Crippen LogP contribution in [0.5, 0.6) is 0 Å². The van der Waals surface area contributed by atoms with Gasteiger partial charge in [0, 0.05) is 36.9 Å². The van der Waals surface area contributed by atoms with E-state index in [-0.39, 0.29) is 18.1 Å². The predicted octanol–water partition coefficient (Wildman–Crippen LogP) is 3.02. The summed E-state index contributed by atoms with van der Waals surface area (Å²) < 4.78 is 7.84. The van der Waals surface area contributed by atoms with Crippen molar-refractivity contribution in [2.24, 2.45) is 11.8 Å². The van der Waals surface area contributed by atoms with Gasteiger partial charge in [0.15, 0.2) is 0 Å². The van der Waals surface area contributed by atoms with E-state index >= 15 is 0 Å². The third-order valence-electron chi connectivity index (χ3n) is 5.99. The Morgan fingerprint density at radius 1 is 1.30 bits per heavy atom. The van der Waals surface area contributed by atoms with Gasteiger partial charge in [-0.15, -0.1) is 0 Å². The van der Waals surface area contributed by atoms with Crippen LogP contribution in [-0.2, 0) is 11.2 Å². The van der Waals surface area contributed by atoms with Crippen molar-refractivity contribution in [3.05, 3.63) is 71.7 Å². The molecule has 5 nitrogen and oxygen atoms in total. The summed E-state index contributed by atoms with van der Waals surface area (Å²) in [5.41, 5.74) is 3.70. The molecule has 0 radical (unpaired) electrons. The second-order valence-electron chi connectivity index (χ2n) is 7.74. The fraction of sp³-hybridized carbons (Fsp3) is 0.364. The number of fused-ring (bicyclic) bond motifs is 2. The zero-order chi connectivity index (χ0) is 18.4. The maximum absolute atomic E-state index is 12.9. The number of pyridine rings is 1. The van der Waals surface area contributed by atoms with Gasteiger partial charge in [0.25, 0.3) is 5.91 Å². The van der Waals surface area contributed by atoms with E-state index in [1.54, 1.807) is 6.20 Å². The molecule has 0 spiro atoms. The van der Waals surface area contributed by atoms with Crippen LogP contribution in [0, 0.1) is 18.8 Å². The van der Waals surface area contributed by atoms with E-state index in [1.807, 2.05) is 35.7 Å². The third kappa shape index (κ3) is 2.92. The molecular weight excluding hydrogens is 338 g/mol. The fourth-order valence-corrected chi connectivity index (χ4v) is 4.59. The standard InChI is InChI=1S/C22H23N3O2/c1-14-7-9-25-13-18(23-19(25)11-14)22(26)24-20-16-8-10-27-21(16)17(20)12-15-5-3-2-4-6-15/h2-7,9,11,13,16-17,20-21H,8,10,12H2,1H3,(H,24,26)/t16-,17+,20-,21-/m1/s1. The SMILES string of the molecule is Cc1ccn2cc(C(=O)N[C@@H]3[C@H]4CCO[C@H]4[C@H]3Cc3ccccc3)nc2c1. The number of imidazole rings is 1. The number of amides is 1. The van der Waals surface area contributed by atoms with Gasteiger partial charge in [0.1, 0.15) is 11.3 Å². The van der Waals surface area contributed by atoms with E-state index in [1.165, 1.54) is 5.56 Å². The van der Waals surface area contributed by atoms with E-state index in [0.29, 0.717) is 17.5 Å². The molecule has 0 bridgehead atoms. The lowest BCUT2D eigenvalue weighted by atomic mass is 9.64. The number of aromatic nitrogens is 2. The summed E-state index contributed by atoms with van der Waals surface area (Å²) in [4.78, 5) is 17.4. The Balaban J connectivity index is 1.35. The first-order valence-electron chi connectivity index (χ1n) is 9.61. The molecule has 3 aromatic rings. The highest BCUT2D eigenvalue weighted by molar-refractivity contribution is 5.93. The minimum absolute atomic E-state index is 0.0928. The van der Waals surface area contributed by atoms with E-state index in [4.69, 9.17) is 4.74 Å². The Kier molecular flexibility index (Phi) is 3.97. The number of ether oxygens (including phenoxy) is 1. The second kappa shape index (κ2) is 6.50. The number of hydrogen-bond donors (Lipinski definition) is 1. The molecule has 1 saturated carbocycles. The van der Waals surface area contributed by atoms with Crippen molar-refractivity contribution in [1.29, 1.82) is 0 Å². The summed E-state index contributed by atoms with van der Waals surface area (Å²) >= 11 is 0. The molecule has 1 aliphatic carbocycles. The number of aryl methyl sites for hydroxylation is 1. The molecule has 2 fully saturated rings. The first-order valence-corrected chi connectivity index (χ1v) is 9.61. The van der Waals surface area contributed by atoms with Gasteiger partial charge in [-0.05, 0) is 43.0 Å². The van der Waals surface area contributed by atoms with E-state index in [9.17, 15) is 4.79 Å². The third-order valence-corrected chi connectivity index (χ3v) is 5.99. The molecule has 27 heavy (non-hydrogen) atoms. The fourth-order valence-electron chi connectivity index (χ4n) is 4.59. The van der Waals surface area contributed by atoms with Crippen molar-refractivity contribution >= 4 is 11.6 Å². The van der Waals surface area contributed by atoms with Gasteiger partial charge >= 0.3 is 0 Å². The molecule has 5 rings (SSSR count). The van der Waals surface area contributed by atoms with Crippen molar-refractivity contribution in [3.8, 4) is 0 Å². The zero-order valence-corrected chi connectivity index (χ0v) is 15.3. The minimum atomic E-state index is -0.0928. The van der Waals surface area contributed by atoms with Crippen molar-refractivity contribution in [1.82, 2.24) is 14.7 Å². The number of nitrogens with zero attached hydrogens (tertiary/aromatic N) is 2. The van der Waals surface area contributed by atoms with Crippen LogP contribution < -0.4 is 5.32 Å². The molecule has 1 aliphatic heterocycles. The summed E-state index contributed by atoms with van der Waals surface area (Å²) in [5.74, 6) is 0.648. The summed E-state index contributed by atoms with van der Waals surface area (Å²) in [6.07, 6.45) is 5.95. The van der Waals surface area contributed by atoms with E-state index in [0.717, 1.165) is 30.7 Å². The lowest BCUT2D eigenvalue weighted by molar-refractivity contribution is -0.0528. The average molecular weight is 361 g/mol. The van der Waals surface area contributed by atoms with Crippen LogP contribution in [0.3, 0.4) is 0 Å². The maximum atomic E-state index is 12.9. The molecule has 138 valence electrons. The number of carbonyl (C=O) groups is 1. The normalized spacial score (nSPS) is 26.6. The van der Waals surface area contributed by atoms with Gasteiger partial charge in [0.2, 0.25) is 0 Å². The van der Waals surface area contributed by atoms with Crippen LogP contribution in [-0.4, -0.2) is 34.0 Å². The van der Waals surface area contributed by atoms with Crippen molar-refractivity contribution < 1.29 is 9.53 Å². The summed E-state index contributed by atoms with van der Waals surface area (Å²) in [7, 11) is 0. The van der Waals surface area contributed by atoms with Gasteiger partial charge in [-0.2, -0.15) is 0 Å². The number of carbonyl (C=O) groups excluding carboxylic acids is 1. The lowest BCUT2D eigenvalue weighted by Gasteiger charge is -2.48. The van der Waals surface area contributed by atoms with Crippen molar-refractivity contribution in [2.75, 3.05) is 6.61 Å². The molecule has 2 aromatic heterocycles. The highest BCUT2D eigenvalue weighted by atomic mass is 16.5. The Morgan fingerprint density at radius 3 is 3.00 bits per heavy atom. The summed E-state index contributed by atoms with van der Waals surface area (Å²) in [6.45, 7) is 2.82. The molecule has 4 atom stereocenters. The molecule has 1 amide bonds. The molecule has 1 aromatic carbocycles. The monoisotopic (exact) mass is 361 g/mol. The van der Waals surface area contributed by atoms with Gasteiger partial charge < -0.3 is 14.5 Å². The van der Waals surface area contributed by atoms with Gasteiger partial charge in [0.05, 0.1) is 6.10 Å². The molecule has 1 N–H and O–H groups in total. The predicted molar refractivity (Wildman–Crippen MR) is 103 cm³/mol. The highest BCUT2D eigenvalue weighted by Crippen LogP contribution is 2.45. The van der Waals surface area contributed by atoms with Crippen LogP contribution in [0.15, 0.2) is 54.9 Å². The molecule has 1 saturated heterocycles. The topological polar surface area (TPSA) is 55.6 Å². The molecule has 0 unspecified atom stereocenters. The quantitative estimate of drug-likeness (QED) is 0.777. The number of rotatable bonds is 4. The van der Waals surface area contributed by atoms with Crippen molar-refractivity contribution in [3.63, 3.8) is 0 Å². The minimum Gasteiger partial charge on any atom is -0.377 e. The van der Waals surface area contributed by atoms with Crippen LogP contribution in [0.4, 0.5) is 0 Å². The smallest absolute Gasteiger partial charge is 0.271 e. The van der Waals surface area contributed by atoms with Gasteiger partial charge in [-0.3, -0.25) is 4.79 Å². The first kappa shape index (κ1) is 16.5. The molecule has 2 aliphatic rings. The molecule has 5 heteroatoms. The Hall–Kier alpha value is -2.66. The largest absolute Gasteiger partial charge is 0.377 e. The highest BCUT2D eigenvalue weighted by Gasteiger charge is 2.54. The maximum Gasteiger partial charge on any atom is 0.271 e. The average Bonchev–Trinajstić information content (AvgIpc) is 3.29. The molecule has 3 heterocycles. The summed E-state index contributed by atoms with van der Waals surface area (Å²) in [5, 5.41) is 3.26. The number of hydrogen-bond acceptors (Lipinski definition) is 3. The Morgan fingerprint density at radius 2 is 2.15 bits per heavy atom. The van der Waals surface area contributed by atoms with Gasteiger partial charge in [-0.25, -0.2) is 4.98 Å².